The molecule has 0 aliphatic heterocycles. The number of para-hydroxylation sites is 1. The van der Waals surface area contributed by atoms with Crippen molar-refractivity contribution in [1.82, 2.24) is 5.32 Å². The Morgan fingerprint density at radius 2 is 1.92 bits per heavy atom. The van der Waals surface area contributed by atoms with Crippen LogP contribution in [0.25, 0.3) is 0 Å². The molecule has 1 amide bonds. The first-order chi connectivity index (χ1) is 11.6. The van der Waals surface area contributed by atoms with Crippen LogP contribution in [0, 0.1) is 0 Å². The van der Waals surface area contributed by atoms with Gasteiger partial charge in [-0.05, 0) is 31.2 Å². The lowest BCUT2D eigenvalue weighted by Gasteiger charge is -2.15. The van der Waals surface area contributed by atoms with E-state index in [0.29, 0.717) is 29.7 Å². The van der Waals surface area contributed by atoms with Crippen LogP contribution in [0.2, 0.25) is 5.02 Å². The zero-order chi connectivity index (χ0) is 17.4. The molecule has 2 aromatic rings. The second kappa shape index (κ2) is 9.03. The van der Waals surface area contributed by atoms with Gasteiger partial charge in [0.25, 0.3) is 5.91 Å². The molecule has 24 heavy (non-hydrogen) atoms. The van der Waals surface area contributed by atoms with E-state index in [1.807, 2.05) is 18.2 Å². The van der Waals surface area contributed by atoms with E-state index >= 15 is 0 Å². The van der Waals surface area contributed by atoms with Gasteiger partial charge in [-0.15, -0.1) is 0 Å². The van der Waals surface area contributed by atoms with Crippen LogP contribution in [0.1, 0.15) is 6.92 Å². The fraction of sp³-hybridized carbons (Fsp3) is 0.278. The summed E-state index contributed by atoms with van der Waals surface area (Å²) in [6.45, 7) is 2.38. The molecule has 0 unspecified atom stereocenters. The smallest absolute Gasteiger partial charge is 0.260 e. The van der Waals surface area contributed by atoms with E-state index in [4.69, 9.17) is 25.8 Å². The van der Waals surface area contributed by atoms with Gasteiger partial charge in [0.1, 0.15) is 23.9 Å². The fourth-order valence-corrected chi connectivity index (χ4v) is 2.14. The Balaban J connectivity index is 1.73. The fourth-order valence-electron chi connectivity index (χ4n) is 1.96. The van der Waals surface area contributed by atoms with Crippen LogP contribution in [-0.2, 0) is 4.79 Å². The molecule has 0 aliphatic rings. The number of methoxy groups -OCH3 is 1. The van der Waals surface area contributed by atoms with Crippen molar-refractivity contribution in [1.29, 1.82) is 0 Å². The highest BCUT2D eigenvalue weighted by Gasteiger charge is 2.15. The standard InChI is InChI=1S/C18H20ClNO4/c1-13(24-17-9-4-3-8-16(17)19)18(21)20-10-11-23-15-7-5-6-14(12-15)22-2/h3-9,12-13H,10-11H2,1-2H3,(H,20,21)/t13-/m0/s1. The van der Waals surface area contributed by atoms with E-state index in [9.17, 15) is 4.79 Å². The molecule has 0 aliphatic carbocycles. The lowest BCUT2D eigenvalue weighted by Crippen LogP contribution is -2.38. The van der Waals surface area contributed by atoms with Gasteiger partial charge in [0.05, 0.1) is 18.7 Å². The summed E-state index contributed by atoms with van der Waals surface area (Å²) >= 11 is 6.01. The predicted octanol–water partition coefficient (Wildman–Crippen LogP) is 3.31. The average Bonchev–Trinajstić information content (AvgIpc) is 2.60. The van der Waals surface area contributed by atoms with Gasteiger partial charge in [-0.1, -0.05) is 29.8 Å². The van der Waals surface area contributed by atoms with Crippen LogP contribution in [0.3, 0.4) is 0 Å². The number of carbonyl (C=O) groups excluding carboxylic acids is 1. The highest BCUT2D eigenvalue weighted by molar-refractivity contribution is 6.32. The summed E-state index contributed by atoms with van der Waals surface area (Å²) in [5.41, 5.74) is 0. The van der Waals surface area contributed by atoms with Gasteiger partial charge in [-0.3, -0.25) is 4.79 Å². The van der Waals surface area contributed by atoms with Gasteiger partial charge in [-0.2, -0.15) is 0 Å². The SMILES string of the molecule is COc1cccc(OCCNC(=O)[C@H](C)Oc2ccccc2Cl)c1. The number of halogens is 1. The molecule has 0 fully saturated rings. The third-order valence-corrected chi connectivity index (χ3v) is 3.53. The Bertz CT molecular complexity index is 678. The maximum Gasteiger partial charge on any atom is 0.260 e. The lowest BCUT2D eigenvalue weighted by atomic mass is 10.3. The molecule has 2 aromatic carbocycles. The van der Waals surface area contributed by atoms with Gasteiger partial charge in [0, 0.05) is 6.07 Å². The molecule has 0 spiro atoms. The minimum atomic E-state index is -0.651. The molecule has 0 heterocycles. The van der Waals surface area contributed by atoms with Crippen LogP contribution in [-0.4, -0.2) is 32.3 Å². The Morgan fingerprint density at radius 3 is 2.67 bits per heavy atom. The lowest BCUT2D eigenvalue weighted by molar-refractivity contribution is -0.127. The van der Waals surface area contributed by atoms with Crippen molar-refractivity contribution >= 4 is 17.5 Å². The summed E-state index contributed by atoms with van der Waals surface area (Å²) in [4.78, 5) is 12.0. The van der Waals surface area contributed by atoms with Crippen LogP contribution in [0.15, 0.2) is 48.5 Å². The summed E-state index contributed by atoms with van der Waals surface area (Å²) in [7, 11) is 1.60. The number of hydrogen-bond acceptors (Lipinski definition) is 4. The average molecular weight is 350 g/mol. The Labute approximate surface area is 146 Å². The molecule has 0 saturated heterocycles. The maximum atomic E-state index is 12.0. The van der Waals surface area contributed by atoms with Crippen molar-refractivity contribution in [2.75, 3.05) is 20.3 Å². The summed E-state index contributed by atoms with van der Waals surface area (Å²) in [5, 5.41) is 3.23. The molecular weight excluding hydrogens is 330 g/mol. The summed E-state index contributed by atoms with van der Waals surface area (Å²) in [6.07, 6.45) is -0.651. The van der Waals surface area contributed by atoms with Gasteiger partial charge < -0.3 is 19.5 Å². The molecule has 0 saturated carbocycles. The first-order valence-electron chi connectivity index (χ1n) is 7.56. The van der Waals surface area contributed by atoms with Crippen molar-refractivity contribution in [2.24, 2.45) is 0 Å². The first-order valence-corrected chi connectivity index (χ1v) is 7.93. The zero-order valence-electron chi connectivity index (χ0n) is 13.6. The van der Waals surface area contributed by atoms with Crippen molar-refractivity contribution in [3.8, 4) is 17.2 Å². The normalized spacial score (nSPS) is 11.5. The van der Waals surface area contributed by atoms with Crippen LogP contribution in [0.4, 0.5) is 0 Å². The molecule has 0 aromatic heterocycles. The molecular formula is C18H20ClNO4. The van der Waals surface area contributed by atoms with Gasteiger partial charge in [0.2, 0.25) is 0 Å². The largest absolute Gasteiger partial charge is 0.497 e. The van der Waals surface area contributed by atoms with Gasteiger partial charge in [0.15, 0.2) is 6.10 Å². The molecule has 2 rings (SSSR count). The van der Waals surface area contributed by atoms with E-state index < -0.39 is 6.10 Å². The molecule has 0 radical (unpaired) electrons. The highest BCUT2D eigenvalue weighted by atomic mass is 35.5. The molecule has 1 N–H and O–H groups in total. The monoisotopic (exact) mass is 349 g/mol. The molecule has 0 bridgehead atoms. The van der Waals surface area contributed by atoms with Crippen molar-refractivity contribution in [3.63, 3.8) is 0 Å². The second-order valence-corrected chi connectivity index (χ2v) is 5.42. The number of hydrogen-bond donors (Lipinski definition) is 1. The van der Waals surface area contributed by atoms with Gasteiger partial charge >= 0.3 is 0 Å². The highest BCUT2D eigenvalue weighted by Crippen LogP contribution is 2.24. The summed E-state index contributed by atoms with van der Waals surface area (Å²) < 4.78 is 16.2. The number of rotatable bonds is 8. The molecule has 5 nitrogen and oxygen atoms in total. The Hall–Kier alpha value is -2.40. The minimum absolute atomic E-state index is 0.232. The topological polar surface area (TPSA) is 56.8 Å². The van der Waals surface area contributed by atoms with E-state index in [1.54, 1.807) is 44.4 Å². The van der Waals surface area contributed by atoms with Crippen molar-refractivity contribution in [2.45, 2.75) is 13.0 Å². The van der Waals surface area contributed by atoms with Gasteiger partial charge in [-0.25, -0.2) is 0 Å². The molecule has 6 heteroatoms. The third-order valence-electron chi connectivity index (χ3n) is 3.22. The quantitative estimate of drug-likeness (QED) is 0.743. The van der Waals surface area contributed by atoms with Crippen LogP contribution in [0.5, 0.6) is 17.2 Å². The number of amides is 1. The summed E-state index contributed by atoms with van der Waals surface area (Å²) in [5.74, 6) is 1.65. The van der Waals surface area contributed by atoms with Crippen LogP contribution >= 0.6 is 11.6 Å². The Kier molecular flexibility index (Phi) is 6.75. The van der Waals surface area contributed by atoms with E-state index in [1.165, 1.54) is 0 Å². The van der Waals surface area contributed by atoms with E-state index in [-0.39, 0.29) is 5.91 Å². The Morgan fingerprint density at radius 1 is 1.17 bits per heavy atom. The van der Waals surface area contributed by atoms with E-state index in [0.717, 1.165) is 5.75 Å². The summed E-state index contributed by atoms with van der Waals surface area (Å²) in [6, 6.07) is 14.3. The first kappa shape index (κ1) is 17.9. The molecule has 128 valence electrons. The maximum absolute atomic E-state index is 12.0. The van der Waals surface area contributed by atoms with Crippen LogP contribution < -0.4 is 19.5 Å². The van der Waals surface area contributed by atoms with Crippen molar-refractivity contribution in [3.05, 3.63) is 53.6 Å². The second-order valence-electron chi connectivity index (χ2n) is 5.01. The van der Waals surface area contributed by atoms with Crippen molar-refractivity contribution < 1.29 is 19.0 Å². The number of benzene rings is 2. The predicted molar refractivity (Wildman–Crippen MR) is 93.0 cm³/mol. The number of ether oxygens (including phenoxy) is 3. The minimum Gasteiger partial charge on any atom is -0.497 e. The number of nitrogens with one attached hydrogen (secondary N) is 1. The third kappa shape index (κ3) is 5.35. The van der Waals surface area contributed by atoms with E-state index in [2.05, 4.69) is 5.32 Å². The zero-order valence-corrected chi connectivity index (χ0v) is 14.4. The molecule has 1 atom stereocenters. The number of carbonyl (C=O) groups is 1.